The fourth-order valence-electron chi connectivity index (χ4n) is 2.55. The summed E-state index contributed by atoms with van der Waals surface area (Å²) in [5, 5.41) is 2.12. The van der Waals surface area contributed by atoms with Crippen LogP contribution < -0.4 is 0 Å². The Balaban J connectivity index is 1.54. The molecule has 1 amide bonds. The zero-order chi connectivity index (χ0) is 14.8. The van der Waals surface area contributed by atoms with Crippen LogP contribution in [-0.2, 0) is 24.3 Å². The monoisotopic (exact) mass is 340 g/mol. The molecular weight excluding hydrogens is 324 g/mol. The van der Waals surface area contributed by atoms with Gasteiger partial charge >= 0.3 is 0 Å². The molecule has 6 heteroatoms. The van der Waals surface area contributed by atoms with Crippen molar-refractivity contribution in [2.45, 2.75) is 19.5 Å². The van der Waals surface area contributed by atoms with Crippen LogP contribution in [0.4, 0.5) is 0 Å². The van der Waals surface area contributed by atoms with Gasteiger partial charge in [0.25, 0.3) is 0 Å². The van der Waals surface area contributed by atoms with Gasteiger partial charge < -0.3 is 4.90 Å². The molecule has 0 atom stereocenters. The summed E-state index contributed by atoms with van der Waals surface area (Å²) in [5.74, 6) is 0.206. The average molecular weight is 341 g/mol. The lowest BCUT2D eigenvalue weighted by atomic mass is 10.1. The predicted octanol–water partition coefficient (Wildman–Crippen LogP) is 3.48. The minimum atomic E-state index is 0.206. The van der Waals surface area contributed by atoms with Crippen molar-refractivity contribution < 1.29 is 4.79 Å². The van der Waals surface area contributed by atoms with Crippen molar-refractivity contribution in [1.82, 2.24) is 9.80 Å². The van der Waals surface area contributed by atoms with Gasteiger partial charge in [-0.1, -0.05) is 11.6 Å². The van der Waals surface area contributed by atoms with E-state index in [1.54, 1.807) is 22.7 Å². The first-order valence-corrected chi connectivity index (χ1v) is 8.95. The smallest absolute Gasteiger partial charge is 0.237 e. The van der Waals surface area contributed by atoms with Gasteiger partial charge in [0.15, 0.2) is 0 Å². The van der Waals surface area contributed by atoms with Crippen molar-refractivity contribution in [1.29, 1.82) is 0 Å². The number of hydrogen-bond donors (Lipinski definition) is 0. The number of halogens is 1. The fourth-order valence-corrected chi connectivity index (χ4v) is 4.61. The molecule has 1 aliphatic heterocycles. The minimum absolute atomic E-state index is 0.206. The molecule has 2 aromatic heterocycles. The zero-order valence-electron chi connectivity index (χ0n) is 11.8. The molecule has 0 aliphatic carbocycles. The molecule has 0 radical (unpaired) electrons. The van der Waals surface area contributed by atoms with Crippen molar-refractivity contribution in [2.24, 2.45) is 0 Å². The summed E-state index contributed by atoms with van der Waals surface area (Å²) >= 11 is 9.30. The summed E-state index contributed by atoms with van der Waals surface area (Å²) in [6, 6.07) is 6.06. The molecule has 0 spiro atoms. The predicted molar refractivity (Wildman–Crippen MR) is 89.1 cm³/mol. The second-order valence-corrected chi connectivity index (χ2v) is 8.11. The van der Waals surface area contributed by atoms with Gasteiger partial charge in [-0.05, 0) is 42.6 Å². The number of rotatable bonds is 4. The van der Waals surface area contributed by atoms with E-state index in [9.17, 15) is 4.79 Å². The molecule has 0 saturated carbocycles. The lowest BCUT2D eigenvalue weighted by molar-refractivity contribution is -0.133. The van der Waals surface area contributed by atoms with E-state index in [4.69, 9.17) is 11.6 Å². The Kier molecular flexibility index (Phi) is 4.64. The van der Waals surface area contributed by atoms with Crippen LogP contribution in [0.3, 0.4) is 0 Å². The van der Waals surface area contributed by atoms with Crippen LogP contribution in [0.25, 0.3) is 0 Å². The summed E-state index contributed by atoms with van der Waals surface area (Å²) in [4.78, 5) is 19.0. The van der Waals surface area contributed by atoms with Gasteiger partial charge in [0.2, 0.25) is 5.91 Å². The van der Waals surface area contributed by atoms with E-state index < -0.39 is 0 Å². The number of carbonyl (C=O) groups is 1. The maximum atomic E-state index is 12.4. The van der Waals surface area contributed by atoms with Crippen LogP contribution in [0, 0.1) is 0 Å². The third kappa shape index (κ3) is 3.66. The van der Waals surface area contributed by atoms with E-state index in [2.05, 4.69) is 11.4 Å². The highest BCUT2D eigenvalue weighted by Gasteiger charge is 2.22. The number of hydrogen-bond acceptors (Lipinski definition) is 4. The van der Waals surface area contributed by atoms with Gasteiger partial charge in [-0.25, -0.2) is 0 Å². The van der Waals surface area contributed by atoms with Crippen LogP contribution in [-0.4, -0.2) is 35.8 Å². The van der Waals surface area contributed by atoms with Crippen LogP contribution in [0.5, 0.6) is 0 Å². The molecule has 0 aromatic carbocycles. The number of thiophene rings is 2. The van der Waals surface area contributed by atoms with E-state index in [0.717, 1.165) is 30.4 Å². The first-order valence-electron chi connectivity index (χ1n) is 6.87. The van der Waals surface area contributed by atoms with Crippen LogP contribution in [0.2, 0.25) is 4.34 Å². The Morgan fingerprint density at radius 3 is 3.05 bits per heavy atom. The molecule has 21 heavy (non-hydrogen) atoms. The number of fused-ring (bicyclic) bond motifs is 1. The minimum Gasteiger partial charge on any atom is -0.337 e. The molecule has 1 aliphatic rings. The third-order valence-corrected chi connectivity index (χ3v) is 5.86. The van der Waals surface area contributed by atoms with Gasteiger partial charge in [-0.3, -0.25) is 9.69 Å². The molecule has 0 unspecified atom stereocenters. The lowest BCUT2D eigenvalue weighted by Gasteiger charge is -2.28. The summed E-state index contributed by atoms with van der Waals surface area (Å²) in [6.45, 7) is 2.82. The average Bonchev–Trinajstić information content (AvgIpc) is 3.06. The lowest BCUT2D eigenvalue weighted by Crippen LogP contribution is -2.41. The number of amides is 1. The molecular formula is C15H17ClN2OS2. The summed E-state index contributed by atoms with van der Waals surface area (Å²) in [5.41, 5.74) is 1.31. The largest absolute Gasteiger partial charge is 0.337 e. The van der Waals surface area contributed by atoms with Crippen molar-refractivity contribution in [3.8, 4) is 0 Å². The first-order chi connectivity index (χ1) is 10.1. The van der Waals surface area contributed by atoms with Crippen molar-refractivity contribution >= 4 is 40.2 Å². The first kappa shape index (κ1) is 15.0. The zero-order valence-corrected chi connectivity index (χ0v) is 14.2. The van der Waals surface area contributed by atoms with Gasteiger partial charge in [0.1, 0.15) is 0 Å². The SMILES string of the molecule is CN(CC(=O)N1CCc2sccc2C1)Cc1ccc(Cl)s1. The van der Waals surface area contributed by atoms with E-state index in [1.165, 1.54) is 15.3 Å². The maximum Gasteiger partial charge on any atom is 0.237 e. The van der Waals surface area contributed by atoms with Crippen LogP contribution >= 0.6 is 34.3 Å². The second kappa shape index (κ2) is 6.48. The van der Waals surface area contributed by atoms with Crippen LogP contribution in [0.1, 0.15) is 15.3 Å². The summed E-state index contributed by atoms with van der Waals surface area (Å²) in [6.07, 6.45) is 0.989. The van der Waals surface area contributed by atoms with E-state index in [0.29, 0.717) is 6.54 Å². The van der Waals surface area contributed by atoms with E-state index in [1.807, 2.05) is 29.0 Å². The Morgan fingerprint density at radius 1 is 1.43 bits per heavy atom. The number of nitrogens with zero attached hydrogens (tertiary/aromatic N) is 2. The molecule has 3 heterocycles. The number of carbonyl (C=O) groups excluding carboxylic acids is 1. The summed E-state index contributed by atoms with van der Waals surface area (Å²) in [7, 11) is 1.98. The molecule has 2 aromatic rings. The van der Waals surface area contributed by atoms with E-state index in [-0.39, 0.29) is 5.91 Å². The van der Waals surface area contributed by atoms with Crippen molar-refractivity contribution in [3.05, 3.63) is 43.2 Å². The van der Waals surface area contributed by atoms with Gasteiger partial charge in [-0.15, -0.1) is 22.7 Å². The molecule has 0 saturated heterocycles. The highest BCUT2D eigenvalue weighted by Crippen LogP contribution is 2.25. The van der Waals surface area contributed by atoms with Crippen molar-refractivity contribution in [2.75, 3.05) is 20.1 Å². The molecule has 3 nitrogen and oxygen atoms in total. The second-order valence-electron chi connectivity index (χ2n) is 5.31. The normalized spacial score (nSPS) is 14.5. The quantitative estimate of drug-likeness (QED) is 0.850. The van der Waals surface area contributed by atoms with Gasteiger partial charge in [0, 0.05) is 29.4 Å². The third-order valence-electron chi connectivity index (χ3n) is 3.62. The molecule has 0 bridgehead atoms. The highest BCUT2D eigenvalue weighted by molar-refractivity contribution is 7.16. The number of likely N-dealkylation sites (N-methyl/N-ethyl adjacent to an activating group) is 1. The van der Waals surface area contributed by atoms with E-state index >= 15 is 0 Å². The fraction of sp³-hybridized carbons (Fsp3) is 0.400. The highest BCUT2D eigenvalue weighted by atomic mass is 35.5. The molecule has 0 fully saturated rings. The van der Waals surface area contributed by atoms with Crippen LogP contribution in [0.15, 0.2) is 23.6 Å². The van der Waals surface area contributed by atoms with Crippen molar-refractivity contribution in [3.63, 3.8) is 0 Å². The summed E-state index contributed by atoms with van der Waals surface area (Å²) < 4.78 is 0.797. The van der Waals surface area contributed by atoms with Gasteiger partial charge in [-0.2, -0.15) is 0 Å². The molecule has 3 rings (SSSR count). The topological polar surface area (TPSA) is 23.6 Å². The molecule has 112 valence electrons. The Bertz CT molecular complexity index is 637. The Labute approximate surface area is 137 Å². The molecule has 0 N–H and O–H groups in total. The van der Waals surface area contributed by atoms with Gasteiger partial charge in [0.05, 0.1) is 10.9 Å². The standard InChI is InChI=1S/C15H17ClN2OS2/c1-17(9-12-2-3-14(16)21-12)10-15(19)18-6-4-13-11(8-18)5-7-20-13/h2-3,5,7H,4,6,8-10H2,1H3. The Morgan fingerprint density at radius 2 is 2.29 bits per heavy atom. The maximum absolute atomic E-state index is 12.4. The Hall–Kier alpha value is -0.880.